The minimum Gasteiger partial charge on any atom is -0.477 e. The van der Waals surface area contributed by atoms with Crippen LogP contribution in [0.4, 0.5) is 4.39 Å². The van der Waals surface area contributed by atoms with E-state index in [1.807, 2.05) is 0 Å². The molecular formula is C17H29FN2O. The molecule has 0 aliphatic rings. The maximum Gasteiger partial charge on any atom is 0.218 e. The predicted octanol–water partition coefficient (Wildman–Crippen LogP) is 4.46. The summed E-state index contributed by atoms with van der Waals surface area (Å²) >= 11 is 0. The number of hydrogen-bond donors (Lipinski definition) is 1. The van der Waals surface area contributed by atoms with Crippen LogP contribution in [0.5, 0.6) is 5.88 Å². The van der Waals surface area contributed by atoms with Crippen molar-refractivity contribution in [2.24, 2.45) is 0 Å². The van der Waals surface area contributed by atoms with Gasteiger partial charge >= 0.3 is 0 Å². The lowest BCUT2D eigenvalue weighted by atomic mass is 10.1. The van der Waals surface area contributed by atoms with Gasteiger partial charge in [-0.05, 0) is 12.5 Å². The van der Waals surface area contributed by atoms with Gasteiger partial charge in [-0.25, -0.2) is 9.37 Å². The Labute approximate surface area is 128 Å². The van der Waals surface area contributed by atoms with E-state index >= 15 is 0 Å². The smallest absolute Gasteiger partial charge is 0.218 e. The number of aromatic nitrogens is 1. The van der Waals surface area contributed by atoms with Gasteiger partial charge in [-0.2, -0.15) is 0 Å². The second kappa shape index (κ2) is 10.6. The van der Waals surface area contributed by atoms with Gasteiger partial charge in [0.15, 0.2) is 0 Å². The zero-order chi connectivity index (χ0) is 15.5. The first-order valence-corrected chi connectivity index (χ1v) is 8.14. The molecular weight excluding hydrogens is 267 g/mol. The number of hydrogen-bond acceptors (Lipinski definition) is 3. The third-order valence-electron chi connectivity index (χ3n) is 3.33. The molecule has 1 heterocycles. The van der Waals surface area contributed by atoms with Crippen LogP contribution in [0.1, 0.15) is 64.9 Å². The topological polar surface area (TPSA) is 34.1 Å². The lowest BCUT2D eigenvalue weighted by Crippen LogP contribution is -2.22. The molecule has 120 valence electrons. The molecule has 0 atom stereocenters. The highest BCUT2D eigenvalue weighted by atomic mass is 19.1. The van der Waals surface area contributed by atoms with Crippen molar-refractivity contribution in [3.8, 4) is 5.88 Å². The highest BCUT2D eigenvalue weighted by molar-refractivity contribution is 5.26. The SMILES string of the molecule is CCCCCCCCOc1ncc(F)cc1CNC(C)C. The van der Waals surface area contributed by atoms with Crippen molar-refractivity contribution in [3.63, 3.8) is 0 Å². The van der Waals surface area contributed by atoms with Crippen molar-refractivity contribution in [1.29, 1.82) is 0 Å². The highest BCUT2D eigenvalue weighted by Crippen LogP contribution is 2.17. The van der Waals surface area contributed by atoms with Crippen LogP contribution in [0, 0.1) is 5.82 Å². The number of unbranched alkanes of at least 4 members (excludes halogenated alkanes) is 5. The van der Waals surface area contributed by atoms with E-state index in [-0.39, 0.29) is 5.82 Å². The Morgan fingerprint density at radius 2 is 1.90 bits per heavy atom. The summed E-state index contributed by atoms with van der Waals surface area (Å²) in [7, 11) is 0. The number of pyridine rings is 1. The third-order valence-corrected chi connectivity index (χ3v) is 3.33. The van der Waals surface area contributed by atoms with E-state index in [0.717, 1.165) is 12.0 Å². The highest BCUT2D eigenvalue weighted by Gasteiger charge is 2.08. The van der Waals surface area contributed by atoms with E-state index in [1.54, 1.807) is 0 Å². The standard InChI is InChI=1S/C17H29FN2O/c1-4-5-6-7-8-9-10-21-17-15(12-19-14(2)3)11-16(18)13-20-17/h11,13-14,19H,4-10,12H2,1-3H3. The van der Waals surface area contributed by atoms with Crippen LogP contribution in [0.2, 0.25) is 0 Å². The Hall–Kier alpha value is -1.16. The summed E-state index contributed by atoms with van der Waals surface area (Å²) in [6.45, 7) is 7.57. The molecule has 21 heavy (non-hydrogen) atoms. The largest absolute Gasteiger partial charge is 0.477 e. The fraction of sp³-hybridized carbons (Fsp3) is 0.706. The molecule has 0 radical (unpaired) electrons. The van der Waals surface area contributed by atoms with E-state index < -0.39 is 0 Å². The fourth-order valence-corrected chi connectivity index (χ4v) is 2.09. The Morgan fingerprint density at radius 1 is 1.19 bits per heavy atom. The minimum absolute atomic E-state index is 0.317. The lowest BCUT2D eigenvalue weighted by Gasteiger charge is -2.13. The number of halogens is 1. The Morgan fingerprint density at radius 3 is 2.62 bits per heavy atom. The summed E-state index contributed by atoms with van der Waals surface area (Å²) in [6, 6.07) is 1.85. The van der Waals surface area contributed by atoms with Gasteiger partial charge in [0.1, 0.15) is 5.82 Å². The van der Waals surface area contributed by atoms with Gasteiger partial charge in [0.2, 0.25) is 5.88 Å². The first-order chi connectivity index (χ1) is 10.1. The summed E-state index contributed by atoms with van der Waals surface area (Å²) in [5.41, 5.74) is 0.787. The average molecular weight is 296 g/mol. The predicted molar refractivity (Wildman–Crippen MR) is 85.0 cm³/mol. The molecule has 0 aliphatic heterocycles. The lowest BCUT2D eigenvalue weighted by molar-refractivity contribution is 0.288. The van der Waals surface area contributed by atoms with Crippen molar-refractivity contribution in [1.82, 2.24) is 10.3 Å². The van der Waals surface area contributed by atoms with E-state index in [9.17, 15) is 4.39 Å². The number of nitrogens with one attached hydrogen (secondary N) is 1. The molecule has 4 heteroatoms. The van der Waals surface area contributed by atoms with Crippen molar-refractivity contribution >= 4 is 0 Å². The number of nitrogens with zero attached hydrogens (tertiary/aromatic N) is 1. The van der Waals surface area contributed by atoms with Gasteiger partial charge in [0.05, 0.1) is 12.8 Å². The summed E-state index contributed by atoms with van der Waals surface area (Å²) in [4.78, 5) is 4.07. The monoisotopic (exact) mass is 296 g/mol. The van der Waals surface area contributed by atoms with Crippen LogP contribution >= 0.6 is 0 Å². The second-order valence-corrected chi connectivity index (χ2v) is 5.77. The van der Waals surface area contributed by atoms with Crippen LogP contribution < -0.4 is 10.1 Å². The first-order valence-electron chi connectivity index (χ1n) is 8.14. The first kappa shape index (κ1) is 17.9. The molecule has 0 saturated heterocycles. The van der Waals surface area contributed by atoms with Crippen molar-refractivity contribution in [3.05, 3.63) is 23.6 Å². The van der Waals surface area contributed by atoms with Crippen LogP contribution in [-0.2, 0) is 6.54 Å². The third kappa shape index (κ3) is 8.00. The normalized spacial score (nSPS) is 11.1. The molecule has 0 unspecified atom stereocenters. The van der Waals surface area contributed by atoms with Crippen molar-refractivity contribution in [2.75, 3.05) is 6.61 Å². The molecule has 0 saturated carbocycles. The van der Waals surface area contributed by atoms with Crippen molar-refractivity contribution < 1.29 is 9.13 Å². The van der Waals surface area contributed by atoms with E-state index in [1.165, 1.54) is 44.4 Å². The van der Waals surface area contributed by atoms with E-state index in [4.69, 9.17) is 4.74 Å². The summed E-state index contributed by atoms with van der Waals surface area (Å²) < 4.78 is 19.0. The Bertz CT molecular complexity index is 396. The van der Waals surface area contributed by atoms with Gasteiger partial charge in [-0.1, -0.05) is 52.9 Å². The zero-order valence-electron chi connectivity index (χ0n) is 13.6. The molecule has 1 aromatic heterocycles. The van der Waals surface area contributed by atoms with Crippen molar-refractivity contribution in [2.45, 2.75) is 71.9 Å². The second-order valence-electron chi connectivity index (χ2n) is 5.77. The van der Waals surface area contributed by atoms with E-state index in [2.05, 4.69) is 31.1 Å². The molecule has 0 aromatic carbocycles. The molecule has 3 nitrogen and oxygen atoms in total. The van der Waals surface area contributed by atoms with Crippen LogP contribution in [0.3, 0.4) is 0 Å². The zero-order valence-corrected chi connectivity index (χ0v) is 13.6. The van der Waals surface area contributed by atoms with Crippen LogP contribution in [-0.4, -0.2) is 17.6 Å². The molecule has 0 bridgehead atoms. The molecule has 0 amide bonds. The molecule has 0 aliphatic carbocycles. The maximum atomic E-state index is 13.3. The van der Waals surface area contributed by atoms with Gasteiger partial charge in [-0.15, -0.1) is 0 Å². The minimum atomic E-state index is -0.317. The Kier molecular flexibility index (Phi) is 8.99. The van der Waals surface area contributed by atoms with Gasteiger partial charge < -0.3 is 10.1 Å². The molecule has 0 fully saturated rings. The number of ether oxygens (including phenoxy) is 1. The van der Waals surface area contributed by atoms with Crippen LogP contribution in [0.25, 0.3) is 0 Å². The molecule has 1 N–H and O–H groups in total. The van der Waals surface area contributed by atoms with Gasteiger partial charge in [0, 0.05) is 18.2 Å². The summed E-state index contributed by atoms with van der Waals surface area (Å²) in [5.74, 6) is 0.237. The molecule has 1 rings (SSSR count). The van der Waals surface area contributed by atoms with E-state index in [0.29, 0.717) is 25.1 Å². The summed E-state index contributed by atoms with van der Waals surface area (Å²) in [5, 5.41) is 3.27. The summed E-state index contributed by atoms with van der Waals surface area (Å²) in [6.07, 6.45) is 8.56. The molecule has 0 spiro atoms. The fourth-order valence-electron chi connectivity index (χ4n) is 2.09. The maximum absolute atomic E-state index is 13.3. The average Bonchev–Trinajstić information content (AvgIpc) is 2.45. The van der Waals surface area contributed by atoms with Gasteiger partial charge in [-0.3, -0.25) is 0 Å². The Balaban J connectivity index is 2.35. The quantitative estimate of drug-likeness (QED) is 0.612. The van der Waals surface area contributed by atoms with Crippen LogP contribution in [0.15, 0.2) is 12.3 Å². The van der Waals surface area contributed by atoms with Gasteiger partial charge in [0.25, 0.3) is 0 Å². The molecule has 1 aromatic rings. The number of rotatable bonds is 11.